The fourth-order valence-electron chi connectivity index (χ4n) is 4.73. The van der Waals surface area contributed by atoms with Gasteiger partial charge >= 0.3 is 5.97 Å². The zero-order valence-electron chi connectivity index (χ0n) is 20.3. The maximum Gasteiger partial charge on any atom is 0.339 e. The predicted octanol–water partition coefficient (Wildman–Crippen LogP) is 5.40. The standard InChI is InChI=1S/C29H35N3O2/c1-22(2)26-15-16-30-28(27(26)29(33)34)32-19-17-31(18-20-32)21-25-13-11-24(12-14-25)10-6-9-23-7-4-3-5-8-23/h3-5,7-8,11-16,22H,6,9-10,17-21H2,1-2H3,(H,33,34). The Labute approximate surface area is 203 Å². The highest BCUT2D eigenvalue weighted by Gasteiger charge is 2.25. The number of rotatable bonds is 9. The first kappa shape index (κ1) is 24.0. The van der Waals surface area contributed by atoms with Gasteiger partial charge in [-0.05, 0) is 53.5 Å². The molecule has 0 saturated carbocycles. The van der Waals surface area contributed by atoms with Gasteiger partial charge in [0.05, 0.1) is 0 Å². The van der Waals surface area contributed by atoms with E-state index >= 15 is 0 Å². The van der Waals surface area contributed by atoms with Crippen molar-refractivity contribution in [2.45, 2.75) is 45.6 Å². The number of aryl methyl sites for hydroxylation is 2. The van der Waals surface area contributed by atoms with Crippen LogP contribution >= 0.6 is 0 Å². The number of nitrogens with zero attached hydrogens (tertiary/aromatic N) is 3. The van der Waals surface area contributed by atoms with E-state index in [9.17, 15) is 9.90 Å². The minimum atomic E-state index is -0.891. The van der Waals surface area contributed by atoms with Gasteiger partial charge in [0.1, 0.15) is 11.4 Å². The second-order valence-corrected chi connectivity index (χ2v) is 9.48. The number of aromatic carboxylic acids is 1. The molecule has 0 radical (unpaired) electrons. The molecule has 0 aliphatic carbocycles. The molecule has 3 aromatic rings. The Morgan fingerprint density at radius 1 is 0.882 bits per heavy atom. The summed E-state index contributed by atoms with van der Waals surface area (Å²) in [5.74, 6) is -0.133. The van der Waals surface area contributed by atoms with Crippen molar-refractivity contribution < 1.29 is 9.90 Å². The number of anilines is 1. The minimum absolute atomic E-state index is 0.149. The first-order valence-corrected chi connectivity index (χ1v) is 12.3. The van der Waals surface area contributed by atoms with Crippen LogP contribution in [-0.4, -0.2) is 47.1 Å². The largest absolute Gasteiger partial charge is 0.478 e. The molecule has 5 heteroatoms. The van der Waals surface area contributed by atoms with Gasteiger partial charge in [-0.2, -0.15) is 0 Å². The average Bonchev–Trinajstić information content (AvgIpc) is 2.85. The van der Waals surface area contributed by atoms with Gasteiger partial charge in [-0.15, -0.1) is 0 Å². The molecule has 1 aliphatic heterocycles. The summed E-state index contributed by atoms with van der Waals surface area (Å²) in [6, 6.07) is 21.5. The molecule has 1 aromatic heterocycles. The second-order valence-electron chi connectivity index (χ2n) is 9.48. The summed E-state index contributed by atoms with van der Waals surface area (Å²) >= 11 is 0. The van der Waals surface area contributed by atoms with Crippen LogP contribution in [0.1, 0.15) is 58.8 Å². The van der Waals surface area contributed by atoms with E-state index in [0.717, 1.165) is 57.5 Å². The van der Waals surface area contributed by atoms with E-state index in [1.165, 1.54) is 16.7 Å². The van der Waals surface area contributed by atoms with E-state index in [2.05, 4.69) is 69.4 Å². The Morgan fingerprint density at radius 2 is 1.50 bits per heavy atom. The van der Waals surface area contributed by atoms with Gasteiger partial charge in [-0.3, -0.25) is 4.90 Å². The molecule has 5 nitrogen and oxygen atoms in total. The molecule has 1 aliphatic rings. The fourth-order valence-corrected chi connectivity index (χ4v) is 4.73. The lowest BCUT2D eigenvalue weighted by molar-refractivity contribution is 0.0695. The lowest BCUT2D eigenvalue weighted by atomic mass is 9.98. The highest BCUT2D eigenvalue weighted by molar-refractivity contribution is 5.95. The van der Waals surface area contributed by atoms with Crippen LogP contribution in [0.15, 0.2) is 66.9 Å². The van der Waals surface area contributed by atoms with Crippen molar-refractivity contribution in [1.29, 1.82) is 0 Å². The maximum absolute atomic E-state index is 12.0. The smallest absolute Gasteiger partial charge is 0.339 e. The Balaban J connectivity index is 1.29. The first-order valence-electron chi connectivity index (χ1n) is 12.3. The zero-order valence-corrected chi connectivity index (χ0v) is 20.3. The Hall–Kier alpha value is -3.18. The molecule has 0 unspecified atom stereocenters. The van der Waals surface area contributed by atoms with Gasteiger partial charge in [0, 0.05) is 38.9 Å². The van der Waals surface area contributed by atoms with E-state index in [1.54, 1.807) is 6.20 Å². The summed E-state index contributed by atoms with van der Waals surface area (Å²) in [4.78, 5) is 21.0. The quantitative estimate of drug-likeness (QED) is 0.466. The molecule has 2 aromatic carbocycles. The number of benzene rings is 2. The second kappa shape index (κ2) is 11.3. The normalized spacial score (nSPS) is 14.5. The molecule has 178 valence electrons. The van der Waals surface area contributed by atoms with E-state index in [-0.39, 0.29) is 5.92 Å². The summed E-state index contributed by atoms with van der Waals surface area (Å²) in [6.07, 6.45) is 5.12. The summed E-state index contributed by atoms with van der Waals surface area (Å²) in [7, 11) is 0. The SMILES string of the molecule is CC(C)c1ccnc(N2CCN(Cc3ccc(CCCc4ccccc4)cc3)CC2)c1C(=O)O. The molecule has 0 bridgehead atoms. The van der Waals surface area contributed by atoms with Crippen molar-refractivity contribution in [3.8, 4) is 0 Å². The fraction of sp³-hybridized carbons (Fsp3) is 0.379. The van der Waals surface area contributed by atoms with Crippen LogP contribution in [0.25, 0.3) is 0 Å². The van der Waals surface area contributed by atoms with Crippen molar-refractivity contribution in [3.63, 3.8) is 0 Å². The van der Waals surface area contributed by atoms with Crippen molar-refractivity contribution in [3.05, 3.63) is 94.7 Å². The lowest BCUT2D eigenvalue weighted by Crippen LogP contribution is -2.46. The minimum Gasteiger partial charge on any atom is -0.478 e. The number of pyridine rings is 1. The summed E-state index contributed by atoms with van der Waals surface area (Å²) in [6.45, 7) is 8.33. The third-order valence-corrected chi connectivity index (χ3v) is 6.67. The van der Waals surface area contributed by atoms with Crippen LogP contribution in [-0.2, 0) is 19.4 Å². The molecule has 1 fully saturated rings. The van der Waals surface area contributed by atoms with E-state index in [1.807, 2.05) is 19.9 Å². The number of hydrogen-bond donors (Lipinski definition) is 1. The van der Waals surface area contributed by atoms with Crippen LogP contribution in [0.2, 0.25) is 0 Å². The topological polar surface area (TPSA) is 56.7 Å². The first-order chi connectivity index (χ1) is 16.5. The monoisotopic (exact) mass is 457 g/mol. The van der Waals surface area contributed by atoms with Crippen LogP contribution in [0, 0.1) is 0 Å². The highest BCUT2D eigenvalue weighted by atomic mass is 16.4. The average molecular weight is 458 g/mol. The molecule has 0 spiro atoms. The van der Waals surface area contributed by atoms with Gasteiger partial charge in [0.2, 0.25) is 0 Å². The van der Waals surface area contributed by atoms with Gasteiger partial charge < -0.3 is 10.0 Å². The molecular weight excluding hydrogens is 422 g/mol. The maximum atomic E-state index is 12.0. The molecule has 1 N–H and O–H groups in total. The Morgan fingerprint density at radius 3 is 2.12 bits per heavy atom. The molecule has 0 amide bonds. The van der Waals surface area contributed by atoms with Gasteiger partial charge in [0.15, 0.2) is 0 Å². The zero-order chi connectivity index (χ0) is 23.9. The van der Waals surface area contributed by atoms with Crippen LogP contribution in [0.3, 0.4) is 0 Å². The van der Waals surface area contributed by atoms with E-state index < -0.39 is 5.97 Å². The van der Waals surface area contributed by atoms with Crippen LogP contribution < -0.4 is 4.90 Å². The number of aromatic nitrogens is 1. The summed E-state index contributed by atoms with van der Waals surface area (Å²) in [5.41, 5.74) is 5.32. The number of hydrogen-bond acceptors (Lipinski definition) is 4. The van der Waals surface area contributed by atoms with Crippen molar-refractivity contribution >= 4 is 11.8 Å². The molecule has 34 heavy (non-hydrogen) atoms. The third-order valence-electron chi connectivity index (χ3n) is 6.67. The molecule has 4 rings (SSSR count). The van der Waals surface area contributed by atoms with Crippen LogP contribution in [0.4, 0.5) is 5.82 Å². The molecule has 2 heterocycles. The van der Waals surface area contributed by atoms with E-state index in [0.29, 0.717) is 11.4 Å². The van der Waals surface area contributed by atoms with Crippen molar-refractivity contribution in [2.24, 2.45) is 0 Å². The van der Waals surface area contributed by atoms with E-state index in [4.69, 9.17) is 0 Å². The number of carboxylic acids is 1. The Bertz CT molecular complexity index is 1070. The summed E-state index contributed by atoms with van der Waals surface area (Å²) in [5, 5.41) is 9.83. The summed E-state index contributed by atoms with van der Waals surface area (Å²) < 4.78 is 0. The molecular formula is C29H35N3O2. The number of piperazine rings is 1. The van der Waals surface area contributed by atoms with Crippen LogP contribution in [0.5, 0.6) is 0 Å². The van der Waals surface area contributed by atoms with Gasteiger partial charge in [0.25, 0.3) is 0 Å². The highest BCUT2D eigenvalue weighted by Crippen LogP contribution is 2.28. The van der Waals surface area contributed by atoms with Crippen molar-refractivity contribution in [1.82, 2.24) is 9.88 Å². The third kappa shape index (κ3) is 6.03. The molecule has 1 saturated heterocycles. The number of carbonyl (C=O) groups is 1. The lowest BCUT2D eigenvalue weighted by Gasteiger charge is -2.36. The van der Waals surface area contributed by atoms with Gasteiger partial charge in [-0.25, -0.2) is 9.78 Å². The predicted molar refractivity (Wildman–Crippen MR) is 138 cm³/mol. The van der Waals surface area contributed by atoms with Crippen molar-refractivity contribution in [2.75, 3.05) is 31.1 Å². The Kier molecular flexibility index (Phi) is 7.96. The molecule has 0 atom stereocenters. The van der Waals surface area contributed by atoms with Gasteiger partial charge in [-0.1, -0.05) is 68.4 Å². The number of carboxylic acid groups (broad SMARTS) is 1.